The van der Waals surface area contributed by atoms with Gasteiger partial charge in [-0.15, -0.1) is 11.3 Å². The Hall–Kier alpha value is -3.27. The van der Waals surface area contributed by atoms with Crippen LogP contribution in [0, 0.1) is 0 Å². The Balaban J connectivity index is 1.79. The molecule has 2 aromatic carbocycles. The number of nitrogens with one attached hydrogen (secondary N) is 1. The zero-order valence-corrected chi connectivity index (χ0v) is 16.1. The molecule has 0 bridgehead atoms. The maximum absolute atomic E-state index is 12.7. The van der Waals surface area contributed by atoms with Crippen LogP contribution in [0.25, 0.3) is 0 Å². The number of ether oxygens (including phenoxy) is 1. The summed E-state index contributed by atoms with van der Waals surface area (Å²) < 4.78 is 43.2. The highest BCUT2D eigenvalue weighted by atomic mass is 32.1. The maximum atomic E-state index is 12.7. The lowest BCUT2D eigenvalue weighted by atomic mass is 10.1. The highest BCUT2D eigenvalue weighted by Crippen LogP contribution is 2.35. The van der Waals surface area contributed by atoms with Crippen molar-refractivity contribution in [2.24, 2.45) is 0 Å². The third-order valence-electron chi connectivity index (χ3n) is 4.06. The standard InChI is InChI=1S/C19H16F3N3O3S/c1-25(18-24-16(10-29-18)19(20,21)22)12-5-3-11(4-6-12)23-15-8-7-13(28-2)9-14(15)17(26)27/h3-10,23H,1-2H3,(H,26,27). The molecule has 29 heavy (non-hydrogen) atoms. The number of hydrogen-bond acceptors (Lipinski definition) is 6. The molecule has 152 valence electrons. The zero-order valence-electron chi connectivity index (χ0n) is 15.3. The number of carbonyl (C=O) groups is 1. The lowest BCUT2D eigenvalue weighted by molar-refractivity contribution is -0.140. The number of alkyl halides is 3. The largest absolute Gasteiger partial charge is 0.497 e. The van der Waals surface area contributed by atoms with Crippen LogP contribution in [-0.4, -0.2) is 30.2 Å². The van der Waals surface area contributed by atoms with Crippen molar-refractivity contribution in [1.29, 1.82) is 0 Å². The molecule has 0 radical (unpaired) electrons. The van der Waals surface area contributed by atoms with Crippen molar-refractivity contribution >= 4 is 39.5 Å². The first-order valence-corrected chi connectivity index (χ1v) is 9.12. The van der Waals surface area contributed by atoms with Gasteiger partial charge in [-0.3, -0.25) is 0 Å². The number of nitrogens with zero attached hydrogens (tertiary/aromatic N) is 2. The first kappa shape index (κ1) is 20.5. The van der Waals surface area contributed by atoms with E-state index in [9.17, 15) is 23.1 Å². The van der Waals surface area contributed by atoms with E-state index in [1.54, 1.807) is 48.3 Å². The molecule has 0 spiro atoms. The van der Waals surface area contributed by atoms with Crippen LogP contribution in [0.4, 0.5) is 35.4 Å². The second-order valence-corrected chi connectivity index (χ2v) is 6.80. The van der Waals surface area contributed by atoms with Gasteiger partial charge >= 0.3 is 12.1 Å². The predicted molar refractivity (Wildman–Crippen MR) is 105 cm³/mol. The van der Waals surface area contributed by atoms with Crippen molar-refractivity contribution < 1.29 is 27.8 Å². The fraction of sp³-hybridized carbons (Fsp3) is 0.158. The van der Waals surface area contributed by atoms with Crippen LogP contribution in [0.1, 0.15) is 16.1 Å². The van der Waals surface area contributed by atoms with E-state index in [4.69, 9.17) is 4.74 Å². The summed E-state index contributed by atoms with van der Waals surface area (Å²) in [5.74, 6) is -0.682. The number of aromatic carboxylic acids is 1. The summed E-state index contributed by atoms with van der Waals surface area (Å²) in [5.41, 5.74) is 0.752. The van der Waals surface area contributed by atoms with E-state index in [2.05, 4.69) is 10.3 Å². The number of benzene rings is 2. The van der Waals surface area contributed by atoms with Crippen molar-refractivity contribution in [2.45, 2.75) is 6.18 Å². The second kappa shape index (κ2) is 8.00. The normalized spacial score (nSPS) is 11.2. The zero-order chi connectivity index (χ0) is 21.2. The highest BCUT2D eigenvalue weighted by molar-refractivity contribution is 7.13. The molecule has 6 nitrogen and oxygen atoms in total. The van der Waals surface area contributed by atoms with Crippen LogP contribution in [0.2, 0.25) is 0 Å². The van der Waals surface area contributed by atoms with E-state index >= 15 is 0 Å². The lowest BCUT2D eigenvalue weighted by Crippen LogP contribution is -2.11. The van der Waals surface area contributed by atoms with Gasteiger partial charge in [-0.05, 0) is 42.5 Å². The first-order chi connectivity index (χ1) is 13.7. The van der Waals surface area contributed by atoms with Crippen LogP contribution >= 0.6 is 11.3 Å². The Bertz CT molecular complexity index is 1020. The minimum absolute atomic E-state index is 0.0491. The Morgan fingerprint density at radius 1 is 1.21 bits per heavy atom. The number of carboxylic acids is 1. The summed E-state index contributed by atoms with van der Waals surface area (Å²) >= 11 is 0.897. The van der Waals surface area contributed by atoms with Gasteiger partial charge < -0.3 is 20.1 Å². The molecule has 1 heterocycles. The number of carboxylic acid groups (broad SMARTS) is 1. The van der Waals surface area contributed by atoms with E-state index < -0.39 is 17.8 Å². The van der Waals surface area contributed by atoms with Gasteiger partial charge in [0.25, 0.3) is 0 Å². The summed E-state index contributed by atoms with van der Waals surface area (Å²) in [7, 11) is 3.07. The van der Waals surface area contributed by atoms with Gasteiger partial charge in [0.2, 0.25) is 0 Å². The predicted octanol–water partition coefficient (Wildman–Crippen LogP) is 5.38. The first-order valence-electron chi connectivity index (χ1n) is 8.24. The van der Waals surface area contributed by atoms with Gasteiger partial charge in [0, 0.05) is 23.8 Å². The third kappa shape index (κ3) is 4.60. The van der Waals surface area contributed by atoms with E-state index in [1.165, 1.54) is 13.2 Å². The van der Waals surface area contributed by atoms with Crippen molar-refractivity contribution in [2.75, 3.05) is 24.4 Å². The summed E-state index contributed by atoms with van der Waals surface area (Å²) in [4.78, 5) is 16.6. The van der Waals surface area contributed by atoms with Gasteiger partial charge in [-0.1, -0.05) is 0 Å². The molecule has 0 aliphatic carbocycles. The number of thiazole rings is 1. The van der Waals surface area contributed by atoms with Gasteiger partial charge in [-0.25, -0.2) is 9.78 Å². The number of rotatable bonds is 6. The SMILES string of the molecule is COc1ccc(Nc2ccc(N(C)c3nc(C(F)(F)F)cs3)cc2)c(C(=O)O)c1. The monoisotopic (exact) mass is 423 g/mol. The quantitative estimate of drug-likeness (QED) is 0.555. The second-order valence-electron chi connectivity index (χ2n) is 5.96. The molecular formula is C19H16F3N3O3S. The topological polar surface area (TPSA) is 74.7 Å². The lowest BCUT2D eigenvalue weighted by Gasteiger charge is -2.17. The Morgan fingerprint density at radius 3 is 2.45 bits per heavy atom. The highest BCUT2D eigenvalue weighted by Gasteiger charge is 2.34. The van der Waals surface area contributed by atoms with E-state index in [0.29, 0.717) is 22.8 Å². The summed E-state index contributed by atoms with van der Waals surface area (Å²) in [6.07, 6.45) is -4.48. The molecule has 0 unspecified atom stereocenters. The van der Waals surface area contributed by atoms with E-state index in [-0.39, 0.29) is 10.7 Å². The van der Waals surface area contributed by atoms with Gasteiger partial charge in [-0.2, -0.15) is 13.2 Å². The molecule has 0 saturated carbocycles. The number of halogens is 3. The minimum Gasteiger partial charge on any atom is -0.497 e. The van der Waals surface area contributed by atoms with E-state index in [1.807, 2.05) is 0 Å². The van der Waals surface area contributed by atoms with Crippen LogP contribution in [0.15, 0.2) is 47.8 Å². The molecule has 0 fully saturated rings. The Labute approximate surface area is 168 Å². The Kier molecular flexibility index (Phi) is 5.64. The molecule has 0 saturated heterocycles. The number of methoxy groups -OCH3 is 1. The van der Waals surface area contributed by atoms with Crippen molar-refractivity contribution in [3.05, 3.63) is 59.1 Å². The third-order valence-corrected chi connectivity index (χ3v) is 4.98. The van der Waals surface area contributed by atoms with Gasteiger partial charge in [0.05, 0.1) is 18.4 Å². The Morgan fingerprint density at radius 2 is 1.90 bits per heavy atom. The van der Waals surface area contributed by atoms with Crippen molar-refractivity contribution in [3.8, 4) is 5.75 Å². The van der Waals surface area contributed by atoms with E-state index in [0.717, 1.165) is 16.7 Å². The average Bonchev–Trinajstić information content (AvgIpc) is 3.19. The molecule has 0 atom stereocenters. The fourth-order valence-corrected chi connectivity index (χ4v) is 3.34. The molecule has 1 aromatic heterocycles. The van der Waals surface area contributed by atoms with Crippen LogP contribution in [0.5, 0.6) is 5.75 Å². The number of aromatic nitrogens is 1. The number of anilines is 4. The summed E-state index contributed by atoms with van der Waals surface area (Å²) in [5, 5.41) is 13.6. The number of hydrogen-bond donors (Lipinski definition) is 2. The molecule has 0 aliphatic rings. The minimum atomic E-state index is -4.48. The van der Waals surface area contributed by atoms with Gasteiger partial charge in [0.15, 0.2) is 10.8 Å². The molecule has 3 aromatic rings. The van der Waals surface area contributed by atoms with Crippen LogP contribution in [-0.2, 0) is 6.18 Å². The maximum Gasteiger partial charge on any atom is 0.434 e. The smallest absolute Gasteiger partial charge is 0.434 e. The van der Waals surface area contributed by atoms with Crippen LogP contribution < -0.4 is 15.0 Å². The van der Waals surface area contributed by atoms with Crippen molar-refractivity contribution in [3.63, 3.8) is 0 Å². The molecule has 10 heteroatoms. The molecule has 0 aliphatic heterocycles. The van der Waals surface area contributed by atoms with Gasteiger partial charge in [0.1, 0.15) is 5.75 Å². The fourth-order valence-electron chi connectivity index (χ4n) is 2.52. The van der Waals surface area contributed by atoms with Crippen molar-refractivity contribution in [1.82, 2.24) is 4.98 Å². The molecule has 0 amide bonds. The summed E-state index contributed by atoms with van der Waals surface area (Å²) in [6, 6.07) is 11.4. The van der Waals surface area contributed by atoms with Crippen LogP contribution in [0.3, 0.4) is 0 Å². The molecule has 3 rings (SSSR count). The molecular weight excluding hydrogens is 407 g/mol. The summed E-state index contributed by atoms with van der Waals surface area (Å²) in [6.45, 7) is 0. The average molecular weight is 423 g/mol. The molecule has 2 N–H and O–H groups in total.